The van der Waals surface area contributed by atoms with Gasteiger partial charge in [-0.05, 0) is 24.6 Å². The molecule has 0 bridgehead atoms. The summed E-state index contributed by atoms with van der Waals surface area (Å²) >= 11 is 3.27. The maximum atomic E-state index is 12.2. The fourth-order valence-corrected chi connectivity index (χ4v) is 3.50. The highest BCUT2D eigenvalue weighted by Gasteiger charge is 2.19. The Morgan fingerprint density at radius 3 is 2.72 bits per heavy atom. The summed E-state index contributed by atoms with van der Waals surface area (Å²) < 4.78 is 32.7. The van der Waals surface area contributed by atoms with E-state index in [0.29, 0.717) is 6.61 Å². The van der Waals surface area contributed by atoms with Gasteiger partial charge in [-0.3, -0.25) is 0 Å². The molecule has 1 aromatic rings. The van der Waals surface area contributed by atoms with E-state index in [-0.39, 0.29) is 10.9 Å². The van der Waals surface area contributed by atoms with Crippen molar-refractivity contribution in [2.45, 2.75) is 30.7 Å². The van der Waals surface area contributed by atoms with Gasteiger partial charge in [0, 0.05) is 17.6 Å². The second-order valence-electron chi connectivity index (χ2n) is 4.02. The second kappa shape index (κ2) is 7.23. The van der Waals surface area contributed by atoms with Gasteiger partial charge >= 0.3 is 0 Å². The van der Waals surface area contributed by atoms with Crippen molar-refractivity contribution in [3.8, 4) is 0 Å². The summed E-state index contributed by atoms with van der Waals surface area (Å²) in [5.74, 6) is 0. The van der Waals surface area contributed by atoms with Gasteiger partial charge in [0.15, 0.2) is 0 Å². The number of halogens is 1. The van der Waals surface area contributed by atoms with E-state index in [9.17, 15) is 8.42 Å². The fraction of sp³-hybridized carbons (Fsp3) is 0.500. The van der Waals surface area contributed by atoms with Crippen LogP contribution in [0.1, 0.15) is 19.8 Å². The smallest absolute Gasteiger partial charge is 0.240 e. The number of hydrogen-bond donors (Lipinski definition) is 1. The van der Waals surface area contributed by atoms with Crippen LogP contribution in [-0.2, 0) is 14.8 Å². The van der Waals surface area contributed by atoms with Crippen LogP contribution in [-0.4, -0.2) is 28.2 Å². The molecule has 0 spiro atoms. The summed E-state index contributed by atoms with van der Waals surface area (Å²) in [7, 11) is -1.92. The molecular weight excluding hydrogens is 318 g/mol. The molecule has 0 aliphatic carbocycles. The summed E-state index contributed by atoms with van der Waals surface area (Å²) in [6, 6.07) is 6.45. The molecular formula is C12H18BrNO3S. The number of methoxy groups -OCH3 is 1. The standard InChI is InChI=1S/C12H18BrNO3S/c1-3-5-11(9-17-2)14-18(15,16)12-7-4-6-10(13)8-12/h4,6-8,11,14H,3,5,9H2,1-2H3. The third kappa shape index (κ3) is 4.68. The van der Waals surface area contributed by atoms with Gasteiger partial charge in [-0.1, -0.05) is 35.3 Å². The number of nitrogens with one attached hydrogen (secondary N) is 1. The monoisotopic (exact) mass is 335 g/mol. The first kappa shape index (κ1) is 15.6. The van der Waals surface area contributed by atoms with Crippen LogP contribution in [0.4, 0.5) is 0 Å². The summed E-state index contributed by atoms with van der Waals surface area (Å²) in [5.41, 5.74) is 0. The molecule has 0 radical (unpaired) electrons. The number of sulfonamides is 1. The van der Waals surface area contributed by atoms with E-state index in [1.807, 2.05) is 6.92 Å². The molecule has 0 aliphatic heterocycles. The van der Waals surface area contributed by atoms with Crippen molar-refractivity contribution in [1.29, 1.82) is 0 Å². The minimum absolute atomic E-state index is 0.191. The average Bonchev–Trinajstić information content (AvgIpc) is 2.29. The van der Waals surface area contributed by atoms with Crippen LogP contribution in [0, 0.1) is 0 Å². The number of hydrogen-bond acceptors (Lipinski definition) is 3. The second-order valence-corrected chi connectivity index (χ2v) is 6.65. The Bertz CT molecular complexity index is 470. The van der Waals surface area contributed by atoms with Gasteiger partial charge in [0.05, 0.1) is 11.5 Å². The Labute approximate surface area is 117 Å². The normalized spacial score (nSPS) is 13.5. The van der Waals surface area contributed by atoms with Crippen molar-refractivity contribution >= 4 is 26.0 Å². The first-order chi connectivity index (χ1) is 8.49. The molecule has 1 unspecified atom stereocenters. The molecule has 0 heterocycles. The van der Waals surface area contributed by atoms with Crippen molar-refractivity contribution in [1.82, 2.24) is 4.72 Å². The zero-order chi connectivity index (χ0) is 13.6. The summed E-state index contributed by atoms with van der Waals surface area (Å²) in [6.45, 7) is 2.39. The Balaban J connectivity index is 2.86. The van der Waals surface area contributed by atoms with Crippen LogP contribution in [0.2, 0.25) is 0 Å². The average molecular weight is 336 g/mol. The minimum Gasteiger partial charge on any atom is -0.383 e. The zero-order valence-corrected chi connectivity index (χ0v) is 12.9. The first-order valence-corrected chi connectivity index (χ1v) is 8.04. The van der Waals surface area contributed by atoms with Gasteiger partial charge in [0.25, 0.3) is 0 Å². The highest BCUT2D eigenvalue weighted by molar-refractivity contribution is 9.10. The van der Waals surface area contributed by atoms with Crippen LogP contribution < -0.4 is 4.72 Å². The molecule has 1 N–H and O–H groups in total. The van der Waals surface area contributed by atoms with Gasteiger partial charge in [-0.15, -0.1) is 0 Å². The van der Waals surface area contributed by atoms with Crippen LogP contribution in [0.25, 0.3) is 0 Å². The van der Waals surface area contributed by atoms with Gasteiger partial charge in [-0.2, -0.15) is 0 Å². The van der Waals surface area contributed by atoms with Crippen molar-refractivity contribution in [3.05, 3.63) is 28.7 Å². The van der Waals surface area contributed by atoms with E-state index < -0.39 is 10.0 Å². The summed E-state index contributed by atoms with van der Waals surface area (Å²) in [5, 5.41) is 0. The van der Waals surface area contributed by atoms with Crippen LogP contribution in [0.15, 0.2) is 33.6 Å². The Morgan fingerprint density at radius 2 is 2.17 bits per heavy atom. The van der Waals surface area contributed by atoms with Crippen molar-refractivity contribution < 1.29 is 13.2 Å². The maximum Gasteiger partial charge on any atom is 0.240 e. The predicted octanol–water partition coefficient (Wildman–Crippen LogP) is 2.54. The van der Waals surface area contributed by atoms with Crippen molar-refractivity contribution in [2.24, 2.45) is 0 Å². The third-order valence-corrected chi connectivity index (χ3v) is 4.44. The van der Waals surface area contributed by atoms with E-state index >= 15 is 0 Å². The maximum absolute atomic E-state index is 12.2. The van der Waals surface area contributed by atoms with Gasteiger partial charge in [0.1, 0.15) is 0 Å². The molecule has 1 rings (SSSR count). The lowest BCUT2D eigenvalue weighted by molar-refractivity contribution is 0.171. The number of ether oxygens (including phenoxy) is 1. The van der Waals surface area contributed by atoms with E-state index in [0.717, 1.165) is 17.3 Å². The van der Waals surface area contributed by atoms with E-state index in [4.69, 9.17) is 4.74 Å². The molecule has 6 heteroatoms. The Hall–Kier alpha value is -0.430. The minimum atomic E-state index is -3.49. The van der Waals surface area contributed by atoms with Crippen molar-refractivity contribution in [3.63, 3.8) is 0 Å². The van der Waals surface area contributed by atoms with E-state index in [1.54, 1.807) is 31.4 Å². The van der Waals surface area contributed by atoms with Crippen LogP contribution in [0.5, 0.6) is 0 Å². The zero-order valence-electron chi connectivity index (χ0n) is 10.5. The lowest BCUT2D eigenvalue weighted by Gasteiger charge is -2.17. The lowest BCUT2D eigenvalue weighted by atomic mass is 10.2. The number of rotatable bonds is 7. The molecule has 1 atom stereocenters. The van der Waals surface area contributed by atoms with Crippen LogP contribution >= 0.6 is 15.9 Å². The molecule has 4 nitrogen and oxygen atoms in total. The Morgan fingerprint density at radius 1 is 1.44 bits per heavy atom. The lowest BCUT2D eigenvalue weighted by Crippen LogP contribution is -2.37. The molecule has 0 aromatic heterocycles. The van der Waals surface area contributed by atoms with Crippen LogP contribution in [0.3, 0.4) is 0 Å². The molecule has 102 valence electrons. The van der Waals surface area contributed by atoms with E-state index in [1.165, 1.54) is 0 Å². The van der Waals surface area contributed by atoms with Gasteiger partial charge in [0.2, 0.25) is 10.0 Å². The topological polar surface area (TPSA) is 55.4 Å². The predicted molar refractivity (Wildman–Crippen MR) is 75.0 cm³/mol. The molecule has 0 saturated heterocycles. The molecule has 18 heavy (non-hydrogen) atoms. The third-order valence-electron chi connectivity index (χ3n) is 2.43. The highest BCUT2D eigenvalue weighted by atomic mass is 79.9. The quantitative estimate of drug-likeness (QED) is 0.833. The molecule has 1 aromatic carbocycles. The SMILES string of the molecule is CCCC(COC)NS(=O)(=O)c1cccc(Br)c1. The molecule has 0 amide bonds. The van der Waals surface area contributed by atoms with Gasteiger partial charge < -0.3 is 4.74 Å². The summed E-state index contributed by atoms with van der Waals surface area (Å²) in [6.07, 6.45) is 1.65. The van der Waals surface area contributed by atoms with E-state index in [2.05, 4.69) is 20.7 Å². The fourth-order valence-electron chi connectivity index (χ4n) is 1.65. The van der Waals surface area contributed by atoms with Gasteiger partial charge in [-0.25, -0.2) is 13.1 Å². The molecule has 0 fully saturated rings. The summed E-state index contributed by atoms with van der Waals surface area (Å²) in [4.78, 5) is 0.258. The highest BCUT2D eigenvalue weighted by Crippen LogP contribution is 2.16. The Kier molecular flexibility index (Phi) is 6.28. The molecule has 0 saturated carbocycles. The largest absolute Gasteiger partial charge is 0.383 e. The van der Waals surface area contributed by atoms with Crippen molar-refractivity contribution in [2.75, 3.05) is 13.7 Å². The number of benzene rings is 1. The molecule has 0 aliphatic rings. The first-order valence-electron chi connectivity index (χ1n) is 5.76.